The molecule has 0 amide bonds. The Morgan fingerprint density at radius 1 is 1.57 bits per heavy atom. The normalized spacial score (nSPS) is 18.6. The van der Waals surface area contributed by atoms with Gasteiger partial charge in [-0.3, -0.25) is 9.13 Å². The van der Waals surface area contributed by atoms with Crippen molar-refractivity contribution in [3.05, 3.63) is 0 Å². The molecule has 7 heteroatoms. The van der Waals surface area contributed by atoms with Crippen LogP contribution in [0.2, 0.25) is 0 Å². The average Bonchev–Trinajstić information content (AvgIpc) is 1.27. The molecule has 0 spiro atoms. The Morgan fingerprint density at radius 3 is 2.00 bits per heavy atom. The number of rotatable bonds is 2. The van der Waals surface area contributed by atoms with Crippen LogP contribution in [-0.2, 0) is 13.4 Å². The zero-order chi connectivity index (χ0) is 5.86. The lowest BCUT2D eigenvalue weighted by atomic mass is 15.8. The number of hydrogen-bond acceptors (Lipinski definition) is 3. The van der Waals surface area contributed by atoms with Crippen LogP contribution in [0.5, 0.6) is 0 Å². The quantitative estimate of drug-likeness (QED) is 0.463. The molecular weight excluding hydrogens is 158 g/mol. The van der Waals surface area contributed by atoms with Crippen molar-refractivity contribution in [2.45, 2.75) is 0 Å². The molecule has 0 aromatic rings. The minimum atomic E-state index is -3.03. The Kier molecular flexibility index (Phi) is 4.08. The second-order valence-electron chi connectivity index (χ2n) is 0.634. The van der Waals surface area contributed by atoms with Crippen LogP contribution in [0.25, 0.3) is 0 Å². The van der Waals surface area contributed by atoms with Gasteiger partial charge in [0.25, 0.3) is 0 Å². The van der Waals surface area contributed by atoms with E-state index in [1.165, 1.54) is 0 Å². The van der Waals surface area contributed by atoms with Gasteiger partial charge in [0.1, 0.15) is 0 Å². The van der Waals surface area contributed by atoms with Crippen molar-refractivity contribution in [2.75, 3.05) is 0 Å². The lowest BCUT2D eigenvalue weighted by Gasteiger charge is -1.87. The third kappa shape index (κ3) is 6.73. The molecule has 0 aliphatic heterocycles. The Bertz CT molecular complexity index is 85.9. The largest absolute Gasteiger partial charge is 0.326 e. The molecule has 0 aromatic heterocycles. The van der Waals surface area contributed by atoms with Crippen LogP contribution in [0.1, 0.15) is 0 Å². The predicted octanol–water partition coefficient (Wildman–Crippen LogP) is 0.704. The van der Waals surface area contributed by atoms with E-state index in [-0.39, 0.29) is 0 Å². The highest BCUT2D eigenvalue weighted by Crippen LogP contribution is 2.37. The lowest BCUT2D eigenvalue weighted by molar-refractivity contribution is 0.417. The first-order valence-electron chi connectivity index (χ1n) is 1.26. The SMILES string of the molecule is O=[PH](O)O[PH](=O)S. The summed E-state index contributed by atoms with van der Waals surface area (Å²) in [7, 11) is -5.53. The van der Waals surface area contributed by atoms with Gasteiger partial charge >= 0.3 is 8.25 Å². The molecule has 0 aliphatic rings. The summed E-state index contributed by atoms with van der Waals surface area (Å²) in [6.45, 7) is 0. The molecule has 0 heterocycles. The smallest absolute Gasteiger partial charge is 0.322 e. The van der Waals surface area contributed by atoms with Crippen molar-refractivity contribution in [1.82, 2.24) is 0 Å². The van der Waals surface area contributed by atoms with Gasteiger partial charge in [0, 0.05) is 0 Å². The van der Waals surface area contributed by atoms with Crippen LogP contribution in [0.3, 0.4) is 0 Å². The van der Waals surface area contributed by atoms with Crippen molar-refractivity contribution >= 4 is 27.7 Å². The molecule has 1 N–H and O–H groups in total. The van der Waals surface area contributed by atoms with Gasteiger partial charge in [-0.15, -0.1) is 0 Å². The molecule has 0 radical (unpaired) electrons. The van der Waals surface area contributed by atoms with Gasteiger partial charge in [0.2, 0.25) is 7.23 Å². The maximum absolute atomic E-state index is 9.75. The van der Waals surface area contributed by atoms with Gasteiger partial charge in [-0.25, -0.2) is 4.31 Å². The lowest BCUT2D eigenvalue weighted by Crippen LogP contribution is -1.52. The molecule has 7 heavy (non-hydrogen) atoms. The van der Waals surface area contributed by atoms with E-state index in [9.17, 15) is 9.13 Å². The van der Waals surface area contributed by atoms with Gasteiger partial charge in [0.05, 0.1) is 0 Å². The van der Waals surface area contributed by atoms with E-state index in [1.54, 1.807) is 0 Å². The van der Waals surface area contributed by atoms with E-state index < -0.39 is 15.5 Å². The monoisotopic (exact) mass is 162 g/mol. The number of thiol groups is 1. The van der Waals surface area contributed by atoms with E-state index in [0.717, 1.165) is 0 Å². The van der Waals surface area contributed by atoms with Crippen molar-refractivity contribution < 1.29 is 18.3 Å². The summed E-state index contributed by atoms with van der Waals surface area (Å²) in [5.74, 6) is 0. The molecule has 4 nitrogen and oxygen atoms in total. The Morgan fingerprint density at radius 2 is 2.00 bits per heavy atom. The minimum absolute atomic E-state index is 2.51. The van der Waals surface area contributed by atoms with Crippen molar-refractivity contribution in [3.8, 4) is 0 Å². The molecular formula is H4O4P2S. The molecule has 0 saturated carbocycles. The van der Waals surface area contributed by atoms with E-state index in [2.05, 4.69) is 16.6 Å². The zero-order valence-electron chi connectivity index (χ0n) is 3.12. The first-order valence-corrected chi connectivity index (χ1v) is 5.13. The van der Waals surface area contributed by atoms with Crippen molar-refractivity contribution in [3.63, 3.8) is 0 Å². The highest BCUT2D eigenvalue weighted by molar-refractivity contribution is 8.39. The molecule has 2 unspecified atom stereocenters. The minimum Gasteiger partial charge on any atom is -0.326 e. The third-order valence-electron chi connectivity index (χ3n) is 0.175. The Balaban J connectivity index is 3.32. The van der Waals surface area contributed by atoms with Gasteiger partial charge in [-0.1, -0.05) is 12.2 Å². The maximum atomic E-state index is 9.75. The highest BCUT2D eigenvalue weighted by atomic mass is 32.7. The fraction of sp³-hybridized carbons (Fsp3) is 0. The second kappa shape index (κ2) is 3.70. The second-order valence-corrected chi connectivity index (χ2v) is 3.61. The van der Waals surface area contributed by atoms with Gasteiger partial charge < -0.3 is 4.89 Å². The first-order chi connectivity index (χ1) is 3.13. The Labute approximate surface area is 46.9 Å². The van der Waals surface area contributed by atoms with E-state index in [0.29, 0.717) is 0 Å². The summed E-state index contributed by atoms with van der Waals surface area (Å²) in [6, 6.07) is 0. The van der Waals surface area contributed by atoms with E-state index in [1.807, 2.05) is 0 Å². The Hall–Kier alpha value is 0.730. The molecule has 0 saturated heterocycles. The standard InChI is InChI=1S/H4O4P2S/c1-5(2)4-6(3)7/h5-6H,(H,1,2)(H,3,7). The fourth-order valence-electron chi connectivity index (χ4n) is 0.0747. The summed E-state index contributed by atoms with van der Waals surface area (Å²) in [6.07, 6.45) is 0. The fourth-order valence-corrected chi connectivity index (χ4v) is 1.38. The average molecular weight is 162 g/mol. The predicted molar refractivity (Wildman–Crippen MR) is 30.3 cm³/mol. The zero-order valence-corrected chi connectivity index (χ0v) is 6.01. The molecule has 0 aromatic carbocycles. The maximum Gasteiger partial charge on any atom is 0.322 e. The molecule has 2 atom stereocenters. The van der Waals surface area contributed by atoms with Crippen LogP contribution < -0.4 is 0 Å². The summed E-state index contributed by atoms with van der Waals surface area (Å²) in [4.78, 5) is 7.82. The van der Waals surface area contributed by atoms with Crippen molar-refractivity contribution in [2.24, 2.45) is 0 Å². The van der Waals surface area contributed by atoms with E-state index >= 15 is 0 Å². The van der Waals surface area contributed by atoms with Gasteiger partial charge in [0.15, 0.2) is 0 Å². The summed E-state index contributed by atoms with van der Waals surface area (Å²) < 4.78 is 23.1. The van der Waals surface area contributed by atoms with Crippen LogP contribution >= 0.6 is 27.7 Å². The van der Waals surface area contributed by atoms with Crippen LogP contribution in [0.4, 0.5) is 0 Å². The van der Waals surface area contributed by atoms with Gasteiger partial charge in [-0.2, -0.15) is 0 Å². The highest BCUT2D eigenvalue weighted by Gasteiger charge is 1.92. The van der Waals surface area contributed by atoms with Crippen LogP contribution in [0.15, 0.2) is 0 Å². The number of hydrogen-bond donors (Lipinski definition) is 2. The molecule has 0 fully saturated rings. The summed E-state index contributed by atoms with van der Waals surface area (Å²) in [5.41, 5.74) is 0. The van der Waals surface area contributed by atoms with Crippen molar-refractivity contribution in [1.29, 1.82) is 0 Å². The molecule has 0 bridgehead atoms. The topological polar surface area (TPSA) is 63.6 Å². The van der Waals surface area contributed by atoms with Gasteiger partial charge in [-0.05, 0) is 0 Å². The molecule has 0 aliphatic carbocycles. The van der Waals surface area contributed by atoms with Crippen LogP contribution in [-0.4, -0.2) is 4.89 Å². The third-order valence-corrected chi connectivity index (χ3v) is 2.39. The first kappa shape index (κ1) is 7.73. The summed E-state index contributed by atoms with van der Waals surface area (Å²) >= 11 is 3.23. The van der Waals surface area contributed by atoms with Crippen LogP contribution in [0, 0.1) is 0 Å². The van der Waals surface area contributed by atoms with E-state index in [4.69, 9.17) is 4.89 Å². The summed E-state index contributed by atoms with van der Waals surface area (Å²) in [5, 5.41) is 0. The molecule has 0 rings (SSSR count). The molecule has 44 valence electrons.